The van der Waals surface area contributed by atoms with Crippen LogP contribution in [-0.2, 0) is 0 Å². The molecule has 108 valence electrons. The summed E-state index contributed by atoms with van der Waals surface area (Å²) in [5, 5.41) is 15.5. The molecule has 1 rings (SSSR count). The van der Waals surface area contributed by atoms with Crippen molar-refractivity contribution in [2.75, 3.05) is 6.54 Å². The number of carbonyl (C=O) groups is 1. The van der Waals surface area contributed by atoms with Crippen LogP contribution in [0.15, 0.2) is 16.5 Å². The first-order chi connectivity index (χ1) is 8.90. The van der Waals surface area contributed by atoms with E-state index in [1.54, 1.807) is 0 Å². The van der Waals surface area contributed by atoms with Crippen LogP contribution in [0.25, 0.3) is 0 Å². The fraction of sp³-hybridized carbons (Fsp3) is 0.643. The topological polar surface area (TPSA) is 74.5 Å². The van der Waals surface area contributed by atoms with Gasteiger partial charge in [-0.25, -0.2) is 4.79 Å². The third-order valence-corrected chi connectivity index (χ3v) is 3.43. The molecule has 0 aliphatic rings. The van der Waals surface area contributed by atoms with Crippen LogP contribution in [0.3, 0.4) is 0 Å². The van der Waals surface area contributed by atoms with Gasteiger partial charge in [-0.05, 0) is 38.8 Å². The molecule has 0 radical (unpaired) electrons. The van der Waals surface area contributed by atoms with Gasteiger partial charge in [0.2, 0.25) is 0 Å². The van der Waals surface area contributed by atoms with Crippen molar-refractivity contribution in [1.29, 1.82) is 0 Å². The average Bonchev–Trinajstić information content (AvgIpc) is 2.83. The van der Waals surface area contributed by atoms with E-state index in [0.29, 0.717) is 18.6 Å². The maximum absolute atomic E-state index is 11.7. The number of furan rings is 1. The molecule has 1 unspecified atom stereocenters. The Morgan fingerprint density at radius 1 is 1.42 bits per heavy atom. The summed E-state index contributed by atoms with van der Waals surface area (Å²) in [6, 6.07) is 3.19. The molecule has 0 saturated carbocycles. The van der Waals surface area contributed by atoms with Gasteiger partial charge in [0, 0.05) is 6.54 Å². The van der Waals surface area contributed by atoms with Crippen molar-refractivity contribution < 1.29 is 14.3 Å². The molecular weight excluding hydrogens is 244 g/mol. The zero-order chi connectivity index (χ0) is 14.5. The molecule has 0 spiro atoms. The van der Waals surface area contributed by atoms with Crippen LogP contribution >= 0.6 is 0 Å². The van der Waals surface area contributed by atoms with E-state index >= 15 is 0 Å². The van der Waals surface area contributed by atoms with Gasteiger partial charge in [0.15, 0.2) is 0 Å². The minimum Gasteiger partial charge on any atom is -0.464 e. The number of hydrogen-bond acceptors (Lipinski definition) is 3. The van der Waals surface area contributed by atoms with Crippen LogP contribution in [0, 0.1) is 6.92 Å². The van der Waals surface area contributed by atoms with E-state index in [4.69, 9.17) is 4.42 Å². The standard InChI is InChI=1S/C14H24N2O3/c1-5-14(18,6-2)9-15-13(17)16-11(4)12-8-7-10(3)19-12/h7-8,11,18H,5-6,9H2,1-4H3,(H2,15,16,17). The van der Waals surface area contributed by atoms with E-state index < -0.39 is 5.60 Å². The molecule has 1 aromatic rings. The normalized spacial score (nSPS) is 13.1. The number of carbonyl (C=O) groups excluding carboxylic acids is 1. The highest BCUT2D eigenvalue weighted by Crippen LogP contribution is 2.16. The van der Waals surface area contributed by atoms with E-state index in [1.165, 1.54) is 0 Å². The van der Waals surface area contributed by atoms with Gasteiger partial charge >= 0.3 is 6.03 Å². The number of amides is 2. The molecule has 1 aromatic heterocycles. The summed E-state index contributed by atoms with van der Waals surface area (Å²) in [4.78, 5) is 11.7. The summed E-state index contributed by atoms with van der Waals surface area (Å²) in [6.07, 6.45) is 1.22. The highest BCUT2D eigenvalue weighted by Gasteiger charge is 2.23. The lowest BCUT2D eigenvalue weighted by Crippen LogP contribution is -2.46. The summed E-state index contributed by atoms with van der Waals surface area (Å²) in [7, 11) is 0. The molecule has 5 heteroatoms. The summed E-state index contributed by atoms with van der Waals surface area (Å²) >= 11 is 0. The highest BCUT2D eigenvalue weighted by atomic mass is 16.3. The zero-order valence-electron chi connectivity index (χ0n) is 12.1. The summed E-state index contributed by atoms with van der Waals surface area (Å²) < 4.78 is 5.44. The molecule has 0 bridgehead atoms. The number of aryl methyl sites for hydroxylation is 1. The molecule has 0 aliphatic heterocycles. The largest absolute Gasteiger partial charge is 0.464 e. The summed E-state index contributed by atoms with van der Waals surface area (Å²) in [6.45, 7) is 7.76. The van der Waals surface area contributed by atoms with Crippen LogP contribution < -0.4 is 10.6 Å². The quantitative estimate of drug-likeness (QED) is 0.742. The Kier molecular flexibility index (Phi) is 5.42. The molecule has 0 saturated heterocycles. The monoisotopic (exact) mass is 268 g/mol. The Balaban J connectivity index is 2.43. The van der Waals surface area contributed by atoms with Crippen molar-refractivity contribution in [3.05, 3.63) is 23.7 Å². The Labute approximate surface area is 114 Å². The second-order valence-corrected chi connectivity index (χ2v) is 4.93. The minimum absolute atomic E-state index is 0.204. The van der Waals surface area contributed by atoms with Crippen LogP contribution in [0.5, 0.6) is 0 Å². The Bertz CT molecular complexity index is 411. The van der Waals surface area contributed by atoms with E-state index in [2.05, 4.69) is 10.6 Å². The van der Waals surface area contributed by atoms with E-state index in [9.17, 15) is 9.90 Å². The van der Waals surface area contributed by atoms with Gasteiger partial charge in [-0.3, -0.25) is 0 Å². The van der Waals surface area contributed by atoms with Gasteiger partial charge in [-0.15, -0.1) is 0 Å². The lowest BCUT2D eigenvalue weighted by atomic mass is 9.98. The number of nitrogens with one attached hydrogen (secondary N) is 2. The lowest BCUT2D eigenvalue weighted by molar-refractivity contribution is 0.0348. The lowest BCUT2D eigenvalue weighted by Gasteiger charge is -2.25. The molecule has 1 atom stereocenters. The predicted octanol–water partition coefficient (Wildman–Crippen LogP) is 2.50. The molecule has 1 heterocycles. The van der Waals surface area contributed by atoms with Crippen LogP contribution in [-0.4, -0.2) is 23.3 Å². The first-order valence-corrected chi connectivity index (χ1v) is 6.73. The number of rotatable bonds is 6. The second-order valence-electron chi connectivity index (χ2n) is 4.93. The fourth-order valence-electron chi connectivity index (χ4n) is 1.75. The van der Waals surface area contributed by atoms with Crippen molar-refractivity contribution in [2.45, 2.75) is 52.2 Å². The molecular formula is C14H24N2O3. The molecule has 19 heavy (non-hydrogen) atoms. The molecule has 5 nitrogen and oxygen atoms in total. The Morgan fingerprint density at radius 3 is 2.53 bits per heavy atom. The van der Waals surface area contributed by atoms with Crippen molar-refractivity contribution in [1.82, 2.24) is 10.6 Å². The smallest absolute Gasteiger partial charge is 0.315 e. The van der Waals surface area contributed by atoms with Gasteiger partial charge in [-0.2, -0.15) is 0 Å². The Morgan fingerprint density at radius 2 is 2.05 bits per heavy atom. The van der Waals surface area contributed by atoms with Crippen LogP contribution in [0.4, 0.5) is 4.79 Å². The van der Waals surface area contributed by atoms with Crippen molar-refractivity contribution in [2.24, 2.45) is 0 Å². The first-order valence-electron chi connectivity index (χ1n) is 6.73. The third-order valence-electron chi connectivity index (χ3n) is 3.43. The molecule has 3 N–H and O–H groups in total. The summed E-state index contributed by atoms with van der Waals surface area (Å²) in [5.41, 5.74) is -0.831. The molecule has 0 aromatic carbocycles. The molecule has 0 aliphatic carbocycles. The van der Waals surface area contributed by atoms with Gasteiger partial charge in [0.25, 0.3) is 0 Å². The van der Waals surface area contributed by atoms with Gasteiger partial charge < -0.3 is 20.2 Å². The average molecular weight is 268 g/mol. The van der Waals surface area contributed by atoms with E-state index in [-0.39, 0.29) is 18.6 Å². The zero-order valence-corrected chi connectivity index (χ0v) is 12.1. The molecule has 2 amide bonds. The first kappa shape index (κ1) is 15.6. The highest BCUT2D eigenvalue weighted by molar-refractivity contribution is 5.74. The third kappa shape index (κ3) is 4.59. The van der Waals surface area contributed by atoms with Gasteiger partial charge in [0.05, 0.1) is 11.6 Å². The van der Waals surface area contributed by atoms with Crippen molar-refractivity contribution >= 4 is 6.03 Å². The van der Waals surface area contributed by atoms with Gasteiger partial charge in [-0.1, -0.05) is 13.8 Å². The number of urea groups is 1. The predicted molar refractivity (Wildman–Crippen MR) is 73.9 cm³/mol. The minimum atomic E-state index is -0.831. The summed E-state index contributed by atoms with van der Waals surface area (Å²) in [5.74, 6) is 1.53. The fourth-order valence-corrected chi connectivity index (χ4v) is 1.75. The Hall–Kier alpha value is -1.49. The maximum Gasteiger partial charge on any atom is 0.315 e. The van der Waals surface area contributed by atoms with Crippen LogP contribution in [0.1, 0.15) is 51.2 Å². The van der Waals surface area contributed by atoms with E-state index in [1.807, 2.05) is 39.8 Å². The van der Waals surface area contributed by atoms with E-state index in [0.717, 1.165) is 5.76 Å². The number of hydrogen-bond donors (Lipinski definition) is 3. The second kappa shape index (κ2) is 6.61. The van der Waals surface area contributed by atoms with Crippen molar-refractivity contribution in [3.8, 4) is 0 Å². The number of aliphatic hydroxyl groups is 1. The SMILES string of the molecule is CCC(O)(CC)CNC(=O)NC(C)c1ccc(C)o1. The maximum atomic E-state index is 11.7. The van der Waals surface area contributed by atoms with Crippen molar-refractivity contribution in [3.63, 3.8) is 0 Å². The van der Waals surface area contributed by atoms with Crippen LogP contribution in [0.2, 0.25) is 0 Å². The van der Waals surface area contributed by atoms with Gasteiger partial charge in [0.1, 0.15) is 11.5 Å². The molecule has 0 fully saturated rings.